The first-order valence-corrected chi connectivity index (χ1v) is 7.27. The fraction of sp³-hybridized carbons (Fsp3) is 0.500. The first-order valence-electron chi connectivity index (χ1n) is 7.27. The van der Waals surface area contributed by atoms with Crippen LogP contribution in [0.1, 0.15) is 59.7 Å². The number of aromatic carboxylic acids is 1. The van der Waals surface area contributed by atoms with E-state index in [9.17, 15) is 9.59 Å². The Morgan fingerprint density at radius 2 is 2.00 bits per heavy atom. The van der Waals surface area contributed by atoms with Crippen LogP contribution in [0.3, 0.4) is 0 Å². The third kappa shape index (κ3) is 3.18. The molecule has 4 heteroatoms. The predicted octanol–water partition coefficient (Wildman–Crippen LogP) is 3.18. The molecule has 0 bridgehead atoms. The molecule has 1 N–H and O–H groups in total. The Kier molecular flexibility index (Phi) is 4.77. The van der Waals surface area contributed by atoms with Gasteiger partial charge in [-0.25, -0.2) is 4.79 Å². The fourth-order valence-electron chi connectivity index (χ4n) is 2.82. The number of carbonyl (C=O) groups excluding carboxylic acids is 1. The molecule has 1 aliphatic rings. The highest BCUT2D eigenvalue weighted by molar-refractivity contribution is 5.97. The molecule has 1 aromatic rings. The van der Waals surface area contributed by atoms with Gasteiger partial charge in [0.25, 0.3) is 5.91 Å². The Bertz CT molecular complexity index is 498. The molecular formula is C16H21NO3. The van der Waals surface area contributed by atoms with Crippen molar-refractivity contribution in [1.82, 2.24) is 4.90 Å². The summed E-state index contributed by atoms with van der Waals surface area (Å²) in [5.41, 5.74) is 0.643. The number of hydrogen-bond acceptors (Lipinski definition) is 2. The van der Waals surface area contributed by atoms with E-state index in [2.05, 4.69) is 6.92 Å². The van der Waals surface area contributed by atoms with Crippen molar-refractivity contribution in [3.05, 3.63) is 35.4 Å². The lowest BCUT2D eigenvalue weighted by Crippen LogP contribution is -2.39. The lowest BCUT2D eigenvalue weighted by molar-refractivity contribution is 0.0678. The van der Waals surface area contributed by atoms with Crippen LogP contribution in [0.2, 0.25) is 0 Å². The van der Waals surface area contributed by atoms with Crippen molar-refractivity contribution in [2.75, 3.05) is 6.54 Å². The number of benzene rings is 1. The van der Waals surface area contributed by atoms with Gasteiger partial charge in [-0.1, -0.05) is 25.8 Å². The van der Waals surface area contributed by atoms with E-state index in [4.69, 9.17) is 5.11 Å². The number of rotatable bonds is 3. The minimum atomic E-state index is -0.998. The van der Waals surface area contributed by atoms with Crippen LogP contribution in [0.15, 0.2) is 24.3 Å². The van der Waals surface area contributed by atoms with E-state index in [1.165, 1.54) is 12.1 Å². The maximum absolute atomic E-state index is 12.6. The van der Waals surface area contributed by atoms with Crippen LogP contribution in [-0.4, -0.2) is 34.5 Å². The molecule has 108 valence electrons. The van der Waals surface area contributed by atoms with E-state index in [0.717, 1.165) is 38.6 Å². The van der Waals surface area contributed by atoms with Gasteiger partial charge in [0.2, 0.25) is 0 Å². The highest BCUT2D eigenvalue weighted by Gasteiger charge is 2.25. The normalized spacial score (nSPS) is 19.4. The Labute approximate surface area is 119 Å². The summed E-state index contributed by atoms with van der Waals surface area (Å²) in [5, 5.41) is 9.02. The molecule has 1 aromatic carbocycles. The van der Waals surface area contributed by atoms with Crippen LogP contribution in [0, 0.1) is 0 Å². The summed E-state index contributed by atoms with van der Waals surface area (Å²) < 4.78 is 0. The largest absolute Gasteiger partial charge is 0.478 e. The van der Waals surface area contributed by atoms with E-state index in [0.29, 0.717) is 5.56 Å². The van der Waals surface area contributed by atoms with Gasteiger partial charge in [0.05, 0.1) is 5.56 Å². The number of carboxylic acid groups (broad SMARTS) is 1. The molecular weight excluding hydrogens is 254 g/mol. The second-order valence-corrected chi connectivity index (χ2v) is 5.30. The molecule has 1 unspecified atom stereocenters. The quantitative estimate of drug-likeness (QED) is 0.921. The molecule has 0 aliphatic carbocycles. The van der Waals surface area contributed by atoms with Crippen molar-refractivity contribution in [2.24, 2.45) is 0 Å². The molecule has 1 saturated heterocycles. The van der Waals surface area contributed by atoms with Crippen LogP contribution >= 0.6 is 0 Å². The molecule has 1 aliphatic heterocycles. The molecule has 4 nitrogen and oxygen atoms in total. The van der Waals surface area contributed by atoms with E-state index in [1.54, 1.807) is 12.1 Å². The number of hydrogen-bond donors (Lipinski definition) is 1. The lowest BCUT2D eigenvalue weighted by Gasteiger charge is -2.29. The molecule has 0 spiro atoms. The zero-order valence-electron chi connectivity index (χ0n) is 11.8. The van der Waals surface area contributed by atoms with E-state index >= 15 is 0 Å². The average Bonchev–Trinajstić information content (AvgIpc) is 2.71. The standard InChI is InChI=1S/C16H21NO3/c1-2-14-9-4-3-5-10-17(14)15(18)12-7-6-8-13(11-12)16(19)20/h6-8,11,14H,2-5,9-10H2,1H3,(H,19,20). The number of carbonyl (C=O) groups is 2. The minimum Gasteiger partial charge on any atom is -0.478 e. The maximum atomic E-state index is 12.6. The number of amides is 1. The third-order valence-electron chi connectivity index (χ3n) is 3.97. The number of likely N-dealkylation sites (tertiary alicyclic amines) is 1. The summed E-state index contributed by atoms with van der Waals surface area (Å²) in [4.78, 5) is 25.6. The van der Waals surface area contributed by atoms with Gasteiger partial charge in [-0.05, 0) is 37.5 Å². The summed E-state index contributed by atoms with van der Waals surface area (Å²) in [5.74, 6) is -1.04. The molecule has 1 fully saturated rings. The van der Waals surface area contributed by atoms with Crippen molar-refractivity contribution >= 4 is 11.9 Å². The van der Waals surface area contributed by atoms with Gasteiger partial charge in [-0.3, -0.25) is 4.79 Å². The van der Waals surface area contributed by atoms with Gasteiger partial charge in [0, 0.05) is 18.2 Å². The van der Waals surface area contributed by atoms with Gasteiger partial charge in [0.15, 0.2) is 0 Å². The monoisotopic (exact) mass is 275 g/mol. The SMILES string of the molecule is CCC1CCCCCN1C(=O)c1cccc(C(=O)O)c1. The van der Waals surface area contributed by atoms with Crippen molar-refractivity contribution in [2.45, 2.75) is 45.1 Å². The van der Waals surface area contributed by atoms with E-state index in [-0.39, 0.29) is 17.5 Å². The summed E-state index contributed by atoms with van der Waals surface area (Å²) in [6.07, 6.45) is 5.35. The second kappa shape index (κ2) is 6.55. The van der Waals surface area contributed by atoms with Gasteiger partial charge in [0.1, 0.15) is 0 Å². The smallest absolute Gasteiger partial charge is 0.335 e. The van der Waals surface area contributed by atoms with Crippen molar-refractivity contribution in [3.8, 4) is 0 Å². The predicted molar refractivity (Wildman–Crippen MR) is 77.0 cm³/mol. The molecule has 20 heavy (non-hydrogen) atoms. The minimum absolute atomic E-state index is 0.0400. The molecule has 1 atom stereocenters. The Morgan fingerprint density at radius 1 is 1.25 bits per heavy atom. The molecule has 2 rings (SSSR count). The average molecular weight is 275 g/mol. The first-order chi connectivity index (χ1) is 9.63. The Hall–Kier alpha value is -1.84. The third-order valence-corrected chi connectivity index (χ3v) is 3.97. The number of nitrogens with zero attached hydrogens (tertiary/aromatic N) is 1. The van der Waals surface area contributed by atoms with Crippen LogP contribution in [0.25, 0.3) is 0 Å². The molecule has 0 radical (unpaired) electrons. The van der Waals surface area contributed by atoms with E-state index in [1.807, 2.05) is 4.90 Å². The zero-order valence-corrected chi connectivity index (χ0v) is 11.8. The topological polar surface area (TPSA) is 57.6 Å². The van der Waals surface area contributed by atoms with Gasteiger partial charge < -0.3 is 10.0 Å². The first kappa shape index (κ1) is 14.6. The Morgan fingerprint density at radius 3 is 2.70 bits per heavy atom. The van der Waals surface area contributed by atoms with E-state index < -0.39 is 5.97 Å². The van der Waals surface area contributed by atoms with Crippen LogP contribution in [-0.2, 0) is 0 Å². The highest BCUT2D eigenvalue weighted by Crippen LogP contribution is 2.21. The molecule has 0 saturated carbocycles. The van der Waals surface area contributed by atoms with Gasteiger partial charge >= 0.3 is 5.97 Å². The van der Waals surface area contributed by atoms with Gasteiger partial charge in [-0.15, -0.1) is 0 Å². The molecule has 0 aromatic heterocycles. The lowest BCUT2D eigenvalue weighted by atomic mass is 10.1. The zero-order chi connectivity index (χ0) is 14.5. The summed E-state index contributed by atoms with van der Waals surface area (Å²) in [6, 6.07) is 6.60. The fourth-order valence-corrected chi connectivity index (χ4v) is 2.82. The molecule has 1 heterocycles. The second-order valence-electron chi connectivity index (χ2n) is 5.30. The molecule has 1 amide bonds. The Balaban J connectivity index is 2.24. The van der Waals surface area contributed by atoms with Gasteiger partial charge in [-0.2, -0.15) is 0 Å². The van der Waals surface area contributed by atoms with Crippen molar-refractivity contribution < 1.29 is 14.7 Å². The van der Waals surface area contributed by atoms with Crippen LogP contribution in [0.5, 0.6) is 0 Å². The number of carboxylic acids is 1. The maximum Gasteiger partial charge on any atom is 0.335 e. The van der Waals surface area contributed by atoms with Crippen molar-refractivity contribution in [3.63, 3.8) is 0 Å². The summed E-state index contributed by atoms with van der Waals surface area (Å²) >= 11 is 0. The highest BCUT2D eigenvalue weighted by atomic mass is 16.4. The van der Waals surface area contributed by atoms with Crippen LogP contribution < -0.4 is 0 Å². The van der Waals surface area contributed by atoms with Crippen molar-refractivity contribution in [1.29, 1.82) is 0 Å². The summed E-state index contributed by atoms with van der Waals surface area (Å²) in [7, 11) is 0. The van der Waals surface area contributed by atoms with Crippen LogP contribution in [0.4, 0.5) is 0 Å². The summed E-state index contributed by atoms with van der Waals surface area (Å²) in [6.45, 7) is 2.87.